The summed E-state index contributed by atoms with van der Waals surface area (Å²) in [7, 11) is -0.471. The molecule has 1 heterocycles. The third-order valence-corrected chi connectivity index (χ3v) is 6.62. The van der Waals surface area contributed by atoms with Crippen molar-refractivity contribution in [3.63, 3.8) is 0 Å². The summed E-state index contributed by atoms with van der Waals surface area (Å²) in [5, 5.41) is 0.279. The van der Waals surface area contributed by atoms with E-state index in [1.54, 1.807) is 13.2 Å². The van der Waals surface area contributed by atoms with Crippen molar-refractivity contribution in [1.82, 2.24) is 4.31 Å². The number of halogens is 1. The molecule has 1 aliphatic heterocycles. The van der Waals surface area contributed by atoms with E-state index in [0.29, 0.717) is 31.9 Å². The van der Waals surface area contributed by atoms with Gasteiger partial charge in [-0.05, 0) is 30.3 Å². The highest BCUT2D eigenvalue weighted by Crippen LogP contribution is 2.31. The molecule has 1 fully saturated rings. The number of para-hydroxylation sites is 2. The Morgan fingerprint density at radius 3 is 2.19 bits per heavy atom. The minimum absolute atomic E-state index is 0.175. The van der Waals surface area contributed by atoms with Crippen molar-refractivity contribution in [2.24, 2.45) is 0 Å². The number of sulfonamides is 1. The molecule has 8 heteroatoms. The lowest BCUT2D eigenvalue weighted by molar-refractivity contribution is 0.378. The molecule has 6 nitrogen and oxygen atoms in total. The van der Waals surface area contributed by atoms with Gasteiger partial charge >= 0.3 is 0 Å². The van der Waals surface area contributed by atoms with E-state index >= 15 is 0 Å². The fourth-order valence-corrected chi connectivity index (χ4v) is 4.79. The van der Waals surface area contributed by atoms with Crippen LogP contribution in [0.15, 0.2) is 47.4 Å². The van der Waals surface area contributed by atoms with E-state index in [4.69, 9.17) is 21.1 Å². The molecule has 2 aromatic rings. The summed E-state index contributed by atoms with van der Waals surface area (Å²) < 4.78 is 37.7. The number of ether oxygens (including phenoxy) is 2. The van der Waals surface area contributed by atoms with Gasteiger partial charge in [0, 0.05) is 26.2 Å². The van der Waals surface area contributed by atoms with Gasteiger partial charge in [0.2, 0.25) is 10.0 Å². The lowest BCUT2D eigenvalue weighted by atomic mass is 10.2. The highest BCUT2D eigenvalue weighted by atomic mass is 35.5. The fourth-order valence-electron chi connectivity index (χ4n) is 3.02. The van der Waals surface area contributed by atoms with Crippen molar-refractivity contribution in [2.75, 3.05) is 45.3 Å². The van der Waals surface area contributed by atoms with Crippen LogP contribution in [0.2, 0.25) is 5.02 Å². The zero-order valence-corrected chi connectivity index (χ0v) is 16.3. The van der Waals surface area contributed by atoms with Gasteiger partial charge in [0.05, 0.1) is 29.8 Å². The summed E-state index contributed by atoms with van der Waals surface area (Å²) >= 11 is 6.08. The van der Waals surface area contributed by atoms with Crippen molar-refractivity contribution >= 4 is 27.3 Å². The molecule has 2 aromatic carbocycles. The molecule has 0 unspecified atom stereocenters. The van der Waals surface area contributed by atoms with Gasteiger partial charge in [-0.3, -0.25) is 0 Å². The van der Waals surface area contributed by atoms with Crippen LogP contribution < -0.4 is 14.4 Å². The van der Waals surface area contributed by atoms with Crippen LogP contribution in [0.5, 0.6) is 11.5 Å². The molecular weight excluding hydrogens is 376 g/mol. The summed E-state index contributed by atoms with van der Waals surface area (Å²) in [5.74, 6) is 1.23. The van der Waals surface area contributed by atoms with Crippen molar-refractivity contribution in [1.29, 1.82) is 0 Å². The van der Waals surface area contributed by atoms with Crippen molar-refractivity contribution < 1.29 is 17.9 Å². The van der Waals surface area contributed by atoms with E-state index in [1.165, 1.54) is 23.5 Å². The third kappa shape index (κ3) is 3.60. The van der Waals surface area contributed by atoms with E-state index in [0.717, 1.165) is 11.4 Å². The first-order chi connectivity index (χ1) is 12.5. The van der Waals surface area contributed by atoms with E-state index in [1.807, 2.05) is 24.3 Å². The van der Waals surface area contributed by atoms with E-state index in [-0.39, 0.29) is 9.92 Å². The van der Waals surface area contributed by atoms with Crippen molar-refractivity contribution in [2.45, 2.75) is 4.90 Å². The SMILES string of the molecule is COc1ccc(S(=O)(=O)N2CCN(c3ccccc3OC)CC2)cc1Cl. The molecule has 140 valence electrons. The Morgan fingerprint density at radius 1 is 0.923 bits per heavy atom. The average molecular weight is 397 g/mol. The standard InChI is InChI=1S/C18H21ClN2O4S/c1-24-17-8-7-14(13-15(17)19)26(22,23)21-11-9-20(10-12-21)16-5-3-4-6-18(16)25-2/h3-8,13H,9-12H2,1-2H3. The van der Waals surface area contributed by atoms with Gasteiger partial charge in [0.15, 0.2) is 0 Å². The van der Waals surface area contributed by atoms with Crippen LogP contribution in [0.4, 0.5) is 5.69 Å². The Hall–Kier alpha value is -1.96. The summed E-state index contributed by atoms with van der Waals surface area (Å²) in [5.41, 5.74) is 0.972. The Bertz CT molecular complexity index is 881. The van der Waals surface area contributed by atoms with Crippen LogP contribution in [0, 0.1) is 0 Å². The number of methoxy groups -OCH3 is 2. The molecule has 1 saturated heterocycles. The highest BCUT2D eigenvalue weighted by molar-refractivity contribution is 7.89. The second-order valence-electron chi connectivity index (χ2n) is 5.86. The molecular formula is C18H21ClN2O4S. The summed E-state index contributed by atoms with van der Waals surface area (Å²) in [6.45, 7) is 1.96. The van der Waals surface area contributed by atoms with Crippen LogP contribution in [-0.2, 0) is 10.0 Å². The molecule has 0 aliphatic carbocycles. The lowest BCUT2D eigenvalue weighted by Crippen LogP contribution is -2.48. The highest BCUT2D eigenvalue weighted by Gasteiger charge is 2.29. The molecule has 0 spiro atoms. The Morgan fingerprint density at radius 2 is 1.58 bits per heavy atom. The van der Waals surface area contributed by atoms with Gasteiger partial charge in [0.25, 0.3) is 0 Å². The Kier molecular flexibility index (Phi) is 5.60. The maximum Gasteiger partial charge on any atom is 0.243 e. The molecule has 0 bridgehead atoms. The van der Waals surface area contributed by atoms with Crippen LogP contribution >= 0.6 is 11.6 Å². The van der Waals surface area contributed by atoms with Gasteiger partial charge in [0.1, 0.15) is 11.5 Å². The molecule has 0 N–H and O–H groups in total. The molecule has 26 heavy (non-hydrogen) atoms. The van der Waals surface area contributed by atoms with Crippen LogP contribution in [-0.4, -0.2) is 53.1 Å². The molecule has 0 amide bonds. The summed E-state index contributed by atoms with van der Waals surface area (Å²) in [6.07, 6.45) is 0. The fraction of sp³-hybridized carbons (Fsp3) is 0.333. The van der Waals surface area contributed by atoms with Gasteiger partial charge in [-0.1, -0.05) is 23.7 Å². The van der Waals surface area contributed by atoms with Gasteiger partial charge in [-0.2, -0.15) is 4.31 Å². The third-order valence-electron chi connectivity index (χ3n) is 4.43. The largest absolute Gasteiger partial charge is 0.495 e. The van der Waals surface area contributed by atoms with Gasteiger partial charge in [-0.25, -0.2) is 8.42 Å². The quantitative estimate of drug-likeness (QED) is 0.777. The number of hydrogen-bond donors (Lipinski definition) is 0. The lowest BCUT2D eigenvalue weighted by Gasteiger charge is -2.36. The predicted molar refractivity (Wildman–Crippen MR) is 102 cm³/mol. The maximum atomic E-state index is 12.9. The van der Waals surface area contributed by atoms with Gasteiger partial charge in [-0.15, -0.1) is 0 Å². The molecule has 3 rings (SSSR count). The van der Waals surface area contributed by atoms with Crippen molar-refractivity contribution in [3.8, 4) is 11.5 Å². The number of hydrogen-bond acceptors (Lipinski definition) is 5. The summed E-state index contributed by atoms with van der Waals surface area (Å²) in [6, 6.07) is 12.3. The first kappa shape index (κ1) is 18.8. The molecule has 0 radical (unpaired) electrons. The van der Waals surface area contributed by atoms with Gasteiger partial charge < -0.3 is 14.4 Å². The number of nitrogens with zero attached hydrogens (tertiary/aromatic N) is 2. The summed E-state index contributed by atoms with van der Waals surface area (Å²) in [4.78, 5) is 2.31. The zero-order valence-electron chi connectivity index (χ0n) is 14.7. The van der Waals surface area contributed by atoms with Crippen LogP contribution in [0.1, 0.15) is 0 Å². The molecule has 0 aromatic heterocycles. The van der Waals surface area contributed by atoms with E-state index < -0.39 is 10.0 Å². The number of benzene rings is 2. The van der Waals surface area contributed by atoms with E-state index in [9.17, 15) is 8.42 Å². The molecule has 0 atom stereocenters. The monoisotopic (exact) mass is 396 g/mol. The van der Waals surface area contributed by atoms with E-state index in [2.05, 4.69) is 4.90 Å². The number of anilines is 1. The molecule has 1 aliphatic rings. The minimum Gasteiger partial charge on any atom is -0.495 e. The first-order valence-corrected chi connectivity index (χ1v) is 10.0. The maximum absolute atomic E-state index is 12.9. The normalized spacial score (nSPS) is 15.7. The minimum atomic E-state index is -3.60. The molecule has 0 saturated carbocycles. The second kappa shape index (κ2) is 7.73. The topological polar surface area (TPSA) is 59.1 Å². The Balaban J connectivity index is 1.75. The van der Waals surface area contributed by atoms with Crippen LogP contribution in [0.3, 0.4) is 0 Å². The zero-order chi connectivity index (χ0) is 18.7. The first-order valence-electron chi connectivity index (χ1n) is 8.19. The predicted octanol–water partition coefficient (Wildman–Crippen LogP) is 2.87. The number of piperazine rings is 1. The number of rotatable bonds is 5. The Labute approximate surface area is 158 Å². The second-order valence-corrected chi connectivity index (χ2v) is 8.20. The van der Waals surface area contributed by atoms with Crippen LogP contribution in [0.25, 0.3) is 0 Å². The average Bonchev–Trinajstić information content (AvgIpc) is 2.68. The van der Waals surface area contributed by atoms with Crippen molar-refractivity contribution in [3.05, 3.63) is 47.5 Å². The smallest absolute Gasteiger partial charge is 0.243 e.